The molecule has 0 aliphatic rings. The number of hydrogen-bond donors (Lipinski definition) is 1. The van der Waals surface area contributed by atoms with Gasteiger partial charge in [-0.3, -0.25) is 4.79 Å². The van der Waals surface area contributed by atoms with Gasteiger partial charge in [-0.2, -0.15) is 13.2 Å². The van der Waals surface area contributed by atoms with Crippen molar-refractivity contribution < 1.29 is 22.7 Å². The normalized spacial score (nSPS) is 11.1. The van der Waals surface area contributed by atoms with Gasteiger partial charge in [0.25, 0.3) is 5.91 Å². The van der Waals surface area contributed by atoms with Gasteiger partial charge in [-0.05, 0) is 24.3 Å². The number of hydrogen-bond acceptors (Lipinski definition) is 2. The predicted octanol–water partition coefficient (Wildman–Crippen LogP) is 4.62. The van der Waals surface area contributed by atoms with Gasteiger partial charge in [0.05, 0.1) is 23.4 Å². The van der Waals surface area contributed by atoms with E-state index < -0.39 is 22.7 Å². The number of rotatable bonds is 3. The predicted molar refractivity (Wildman–Crippen MR) is 77.4 cm³/mol. The fourth-order valence-electron chi connectivity index (χ4n) is 1.82. The Morgan fingerprint density at radius 1 is 1.18 bits per heavy atom. The second-order valence-electron chi connectivity index (χ2n) is 4.35. The summed E-state index contributed by atoms with van der Waals surface area (Å²) in [6, 6.07) is 10.0. The van der Waals surface area contributed by atoms with Crippen LogP contribution >= 0.6 is 11.6 Å². The monoisotopic (exact) mass is 329 g/mol. The standard InChI is InChI=1S/C15H11ClF3NO2/c1-22-13-7-10(15(17,18)19)11(16)8-12(13)20-14(21)9-5-3-2-4-6-9/h2-8H,1H3,(H,20,21). The molecule has 0 aliphatic carbocycles. The highest BCUT2D eigenvalue weighted by Crippen LogP contribution is 2.40. The zero-order valence-corrected chi connectivity index (χ0v) is 12.1. The Bertz CT molecular complexity index is 687. The number of halogens is 4. The molecule has 7 heteroatoms. The van der Waals surface area contributed by atoms with E-state index in [1.807, 2.05) is 0 Å². The molecule has 116 valence electrons. The van der Waals surface area contributed by atoms with Gasteiger partial charge in [0, 0.05) is 5.56 Å². The molecule has 1 amide bonds. The molecule has 0 fully saturated rings. The van der Waals surface area contributed by atoms with Crippen LogP contribution < -0.4 is 10.1 Å². The van der Waals surface area contributed by atoms with Crippen molar-refractivity contribution in [2.75, 3.05) is 12.4 Å². The van der Waals surface area contributed by atoms with Crippen LogP contribution in [0.2, 0.25) is 5.02 Å². The van der Waals surface area contributed by atoms with Crippen molar-refractivity contribution >= 4 is 23.2 Å². The summed E-state index contributed by atoms with van der Waals surface area (Å²) in [4.78, 5) is 12.0. The molecule has 3 nitrogen and oxygen atoms in total. The summed E-state index contributed by atoms with van der Waals surface area (Å²) in [5, 5.41) is 1.96. The first-order chi connectivity index (χ1) is 10.3. The van der Waals surface area contributed by atoms with Crippen LogP contribution in [0.5, 0.6) is 5.75 Å². The minimum absolute atomic E-state index is 0.0642. The molecule has 0 saturated carbocycles. The molecule has 0 atom stereocenters. The quantitative estimate of drug-likeness (QED) is 0.892. The van der Waals surface area contributed by atoms with Gasteiger partial charge in [0.1, 0.15) is 5.75 Å². The third kappa shape index (κ3) is 3.51. The number of alkyl halides is 3. The Morgan fingerprint density at radius 3 is 2.36 bits per heavy atom. The SMILES string of the molecule is COc1cc(C(F)(F)F)c(Cl)cc1NC(=O)c1ccccc1. The van der Waals surface area contributed by atoms with Gasteiger partial charge in [0.2, 0.25) is 0 Å². The summed E-state index contributed by atoms with van der Waals surface area (Å²) in [5.41, 5.74) is -0.598. The largest absolute Gasteiger partial charge is 0.495 e. The van der Waals surface area contributed by atoms with E-state index in [9.17, 15) is 18.0 Å². The molecular formula is C15H11ClF3NO2. The van der Waals surface area contributed by atoms with Crippen molar-refractivity contribution in [1.82, 2.24) is 0 Å². The van der Waals surface area contributed by atoms with Gasteiger partial charge in [-0.25, -0.2) is 0 Å². The average molecular weight is 330 g/mol. The van der Waals surface area contributed by atoms with Gasteiger partial charge in [-0.15, -0.1) is 0 Å². The molecule has 0 unspecified atom stereocenters. The third-order valence-corrected chi connectivity index (χ3v) is 3.19. The molecule has 2 aromatic rings. The van der Waals surface area contributed by atoms with Crippen molar-refractivity contribution in [3.63, 3.8) is 0 Å². The van der Waals surface area contributed by atoms with Gasteiger partial charge in [0.15, 0.2) is 0 Å². The van der Waals surface area contributed by atoms with Crippen molar-refractivity contribution in [2.24, 2.45) is 0 Å². The van der Waals surface area contributed by atoms with E-state index >= 15 is 0 Å². The summed E-state index contributed by atoms with van der Waals surface area (Å²) in [5.74, 6) is -0.601. The van der Waals surface area contributed by atoms with Gasteiger partial charge in [-0.1, -0.05) is 29.8 Å². The van der Waals surface area contributed by atoms with E-state index in [2.05, 4.69) is 5.32 Å². The maximum absolute atomic E-state index is 12.8. The van der Waals surface area contributed by atoms with Crippen LogP contribution in [0.15, 0.2) is 42.5 Å². The first-order valence-corrected chi connectivity index (χ1v) is 6.52. The minimum Gasteiger partial charge on any atom is -0.495 e. The molecule has 1 N–H and O–H groups in total. The molecule has 0 aliphatic heterocycles. The second kappa shape index (κ2) is 6.27. The number of amides is 1. The number of carbonyl (C=O) groups excluding carboxylic acids is 1. The average Bonchev–Trinajstić information content (AvgIpc) is 2.47. The molecular weight excluding hydrogens is 319 g/mol. The highest BCUT2D eigenvalue weighted by atomic mass is 35.5. The lowest BCUT2D eigenvalue weighted by molar-refractivity contribution is -0.137. The zero-order valence-electron chi connectivity index (χ0n) is 11.4. The summed E-state index contributed by atoms with van der Waals surface area (Å²) in [6.07, 6.45) is -4.60. The summed E-state index contributed by atoms with van der Waals surface area (Å²) in [7, 11) is 1.21. The van der Waals surface area contributed by atoms with E-state index in [-0.39, 0.29) is 11.4 Å². The Balaban J connectivity index is 2.36. The lowest BCUT2D eigenvalue weighted by atomic mass is 10.1. The van der Waals surface area contributed by atoms with Crippen LogP contribution in [0.3, 0.4) is 0 Å². The van der Waals surface area contributed by atoms with E-state index in [0.29, 0.717) is 5.56 Å². The topological polar surface area (TPSA) is 38.3 Å². The zero-order chi connectivity index (χ0) is 16.3. The number of anilines is 1. The lowest BCUT2D eigenvalue weighted by Crippen LogP contribution is -2.14. The fourth-order valence-corrected chi connectivity index (χ4v) is 2.09. The van der Waals surface area contributed by atoms with Gasteiger partial charge < -0.3 is 10.1 Å². The fraction of sp³-hybridized carbons (Fsp3) is 0.133. The van der Waals surface area contributed by atoms with Crippen molar-refractivity contribution in [1.29, 1.82) is 0 Å². The Labute approximate surface area is 129 Å². The van der Waals surface area contributed by atoms with E-state index in [4.69, 9.17) is 16.3 Å². The van der Waals surface area contributed by atoms with Crippen LogP contribution in [0.1, 0.15) is 15.9 Å². The van der Waals surface area contributed by atoms with Crippen molar-refractivity contribution in [3.05, 3.63) is 58.6 Å². The second-order valence-corrected chi connectivity index (χ2v) is 4.76. The van der Waals surface area contributed by atoms with E-state index in [0.717, 1.165) is 12.1 Å². The van der Waals surface area contributed by atoms with E-state index in [1.165, 1.54) is 7.11 Å². The van der Waals surface area contributed by atoms with Crippen LogP contribution in [0, 0.1) is 0 Å². The first kappa shape index (κ1) is 16.2. The van der Waals surface area contributed by atoms with Crippen molar-refractivity contribution in [2.45, 2.75) is 6.18 Å². The van der Waals surface area contributed by atoms with Crippen LogP contribution in [0.4, 0.5) is 18.9 Å². The first-order valence-electron chi connectivity index (χ1n) is 6.14. The van der Waals surface area contributed by atoms with Crippen molar-refractivity contribution in [3.8, 4) is 5.75 Å². The number of benzene rings is 2. The molecule has 22 heavy (non-hydrogen) atoms. The number of ether oxygens (including phenoxy) is 1. The highest BCUT2D eigenvalue weighted by Gasteiger charge is 2.34. The molecule has 0 spiro atoms. The Morgan fingerprint density at radius 2 is 1.82 bits per heavy atom. The maximum Gasteiger partial charge on any atom is 0.417 e. The summed E-state index contributed by atoms with van der Waals surface area (Å²) >= 11 is 5.65. The summed E-state index contributed by atoms with van der Waals surface area (Å²) < 4.78 is 43.3. The van der Waals surface area contributed by atoms with Crippen LogP contribution in [-0.2, 0) is 6.18 Å². The molecule has 0 heterocycles. The molecule has 0 bridgehead atoms. The van der Waals surface area contributed by atoms with E-state index in [1.54, 1.807) is 30.3 Å². The van der Waals surface area contributed by atoms with Crippen LogP contribution in [-0.4, -0.2) is 13.0 Å². The number of carbonyl (C=O) groups is 1. The Kier molecular flexibility index (Phi) is 4.61. The third-order valence-electron chi connectivity index (χ3n) is 2.88. The molecule has 0 saturated heterocycles. The summed E-state index contributed by atoms with van der Waals surface area (Å²) in [6.45, 7) is 0. The number of nitrogens with one attached hydrogen (secondary N) is 1. The van der Waals surface area contributed by atoms with Crippen LogP contribution in [0.25, 0.3) is 0 Å². The lowest BCUT2D eigenvalue weighted by Gasteiger charge is -2.15. The molecule has 0 radical (unpaired) electrons. The smallest absolute Gasteiger partial charge is 0.417 e. The molecule has 0 aromatic heterocycles. The maximum atomic E-state index is 12.8. The van der Waals surface area contributed by atoms with Gasteiger partial charge >= 0.3 is 6.18 Å². The molecule has 2 aromatic carbocycles. The highest BCUT2D eigenvalue weighted by molar-refractivity contribution is 6.32. The molecule has 2 rings (SSSR count). The Hall–Kier alpha value is -2.21. The minimum atomic E-state index is -4.60. The number of methoxy groups -OCH3 is 1.